The zero-order valence-electron chi connectivity index (χ0n) is 18.1. The van der Waals surface area contributed by atoms with Gasteiger partial charge in [-0.15, -0.1) is 0 Å². The largest absolute Gasteiger partial charge is 0.507 e. The van der Waals surface area contributed by atoms with Gasteiger partial charge in [-0.1, -0.05) is 64.7 Å². The summed E-state index contributed by atoms with van der Waals surface area (Å²) in [6, 6.07) is 8.52. The van der Waals surface area contributed by atoms with Crippen molar-refractivity contribution in [2.45, 2.75) is 52.4 Å². The number of carbonyl (C=O) groups excluding carboxylic acids is 1. The summed E-state index contributed by atoms with van der Waals surface area (Å²) in [5.74, 6) is 0.232. The number of halogens is 2. The van der Waals surface area contributed by atoms with Gasteiger partial charge in [0.05, 0.1) is 11.2 Å². The van der Waals surface area contributed by atoms with Gasteiger partial charge in [-0.3, -0.25) is 4.79 Å². The van der Waals surface area contributed by atoms with Crippen LogP contribution in [0, 0.1) is 0 Å². The topological polar surface area (TPSA) is 70.9 Å². The lowest BCUT2D eigenvalue weighted by atomic mass is 9.78. The molecule has 2 N–H and O–H groups in total. The van der Waals surface area contributed by atoms with Crippen LogP contribution in [0.4, 0.5) is 0 Å². The van der Waals surface area contributed by atoms with Crippen LogP contribution in [0.15, 0.2) is 35.4 Å². The first-order chi connectivity index (χ1) is 13.8. The molecule has 2 rings (SSSR count). The van der Waals surface area contributed by atoms with Crippen LogP contribution in [-0.4, -0.2) is 23.8 Å². The molecule has 30 heavy (non-hydrogen) atoms. The average Bonchev–Trinajstić information content (AvgIpc) is 2.60. The van der Waals surface area contributed by atoms with Crippen molar-refractivity contribution in [3.05, 3.63) is 57.1 Å². The number of phenolic OH excluding ortho intramolecular Hbond substituents is 1. The molecule has 0 fully saturated rings. The molecule has 162 valence electrons. The van der Waals surface area contributed by atoms with Gasteiger partial charge in [-0.25, -0.2) is 5.43 Å². The van der Waals surface area contributed by atoms with Gasteiger partial charge in [0.15, 0.2) is 6.61 Å². The van der Waals surface area contributed by atoms with E-state index in [1.807, 2.05) is 53.7 Å². The van der Waals surface area contributed by atoms with E-state index in [9.17, 15) is 9.90 Å². The van der Waals surface area contributed by atoms with Crippen molar-refractivity contribution >= 4 is 35.3 Å². The molecular formula is C23H28Cl2N2O3. The Morgan fingerprint density at radius 1 is 1.07 bits per heavy atom. The lowest BCUT2D eigenvalue weighted by molar-refractivity contribution is -0.123. The number of hydrogen-bond acceptors (Lipinski definition) is 4. The Balaban J connectivity index is 2.12. The first-order valence-corrected chi connectivity index (χ1v) is 10.3. The molecule has 0 spiro atoms. The van der Waals surface area contributed by atoms with Crippen molar-refractivity contribution in [2.24, 2.45) is 5.10 Å². The summed E-state index contributed by atoms with van der Waals surface area (Å²) in [6.07, 6.45) is 1.55. The predicted molar refractivity (Wildman–Crippen MR) is 123 cm³/mol. The molecule has 0 aliphatic heterocycles. The summed E-state index contributed by atoms with van der Waals surface area (Å²) < 4.78 is 5.39. The second kappa shape index (κ2) is 9.27. The smallest absolute Gasteiger partial charge is 0.277 e. The van der Waals surface area contributed by atoms with Gasteiger partial charge in [0.25, 0.3) is 5.91 Å². The van der Waals surface area contributed by atoms with Crippen molar-refractivity contribution in [1.29, 1.82) is 0 Å². The third kappa shape index (κ3) is 6.38. The van der Waals surface area contributed by atoms with Crippen molar-refractivity contribution in [1.82, 2.24) is 5.43 Å². The van der Waals surface area contributed by atoms with E-state index in [0.717, 1.165) is 16.7 Å². The maximum absolute atomic E-state index is 12.0. The second-order valence-corrected chi connectivity index (χ2v) is 9.96. The van der Waals surface area contributed by atoms with E-state index in [0.29, 0.717) is 21.5 Å². The summed E-state index contributed by atoms with van der Waals surface area (Å²) >= 11 is 11.9. The van der Waals surface area contributed by atoms with E-state index in [2.05, 4.69) is 10.5 Å². The van der Waals surface area contributed by atoms with E-state index in [1.165, 1.54) is 0 Å². The predicted octanol–water partition coefficient (Wildman–Crippen LogP) is 5.82. The van der Waals surface area contributed by atoms with Crippen LogP contribution in [0.1, 0.15) is 58.2 Å². The van der Waals surface area contributed by atoms with E-state index in [1.54, 1.807) is 24.4 Å². The number of hydrogen-bond donors (Lipinski definition) is 2. The standard InChI is InChI=1S/C23H28Cl2N2O3/c1-22(2,3)16-9-14(10-17(21(16)29)23(4,5)6)12-26-27-20(28)13-30-19-8-7-15(24)11-18(19)25/h7-12,29H,13H2,1-6H3,(H,27,28). The minimum Gasteiger partial charge on any atom is -0.507 e. The molecule has 0 aliphatic carbocycles. The first-order valence-electron chi connectivity index (χ1n) is 9.57. The second-order valence-electron chi connectivity index (χ2n) is 9.12. The lowest BCUT2D eigenvalue weighted by Gasteiger charge is -2.27. The Kier molecular flexibility index (Phi) is 7.43. The van der Waals surface area contributed by atoms with Crippen molar-refractivity contribution in [2.75, 3.05) is 6.61 Å². The molecule has 0 saturated carbocycles. The maximum atomic E-state index is 12.0. The Bertz CT molecular complexity index is 923. The van der Waals surface area contributed by atoms with Crippen LogP contribution >= 0.6 is 23.2 Å². The zero-order valence-corrected chi connectivity index (χ0v) is 19.6. The highest BCUT2D eigenvalue weighted by Gasteiger charge is 2.26. The number of nitrogens with zero attached hydrogens (tertiary/aromatic N) is 1. The Labute approximate surface area is 188 Å². The highest BCUT2D eigenvalue weighted by atomic mass is 35.5. The lowest BCUT2D eigenvalue weighted by Crippen LogP contribution is -2.24. The van der Waals surface area contributed by atoms with Crippen LogP contribution in [0.5, 0.6) is 11.5 Å². The Morgan fingerprint density at radius 3 is 2.13 bits per heavy atom. The summed E-state index contributed by atoms with van der Waals surface area (Å²) in [7, 11) is 0. The SMILES string of the molecule is CC(C)(C)c1cc(C=NNC(=O)COc2ccc(Cl)cc2Cl)cc(C(C)(C)C)c1O. The molecule has 2 aromatic carbocycles. The van der Waals surface area contributed by atoms with Crippen LogP contribution in [0.3, 0.4) is 0 Å². The van der Waals surface area contributed by atoms with Gasteiger partial charge in [0.1, 0.15) is 11.5 Å². The fraction of sp³-hybridized carbons (Fsp3) is 0.391. The van der Waals surface area contributed by atoms with Gasteiger partial charge >= 0.3 is 0 Å². The van der Waals surface area contributed by atoms with Crippen molar-refractivity contribution in [3.63, 3.8) is 0 Å². The number of nitrogens with one attached hydrogen (secondary N) is 1. The van der Waals surface area contributed by atoms with Gasteiger partial charge in [-0.05, 0) is 46.7 Å². The molecule has 0 atom stereocenters. The molecule has 1 amide bonds. The molecule has 2 aromatic rings. The molecule has 0 aliphatic rings. The minimum atomic E-state index is -0.428. The van der Waals surface area contributed by atoms with E-state index < -0.39 is 5.91 Å². The fourth-order valence-corrected chi connectivity index (χ4v) is 3.28. The maximum Gasteiger partial charge on any atom is 0.277 e. The molecule has 0 aromatic heterocycles. The molecule has 5 nitrogen and oxygen atoms in total. The molecule has 0 bridgehead atoms. The van der Waals surface area contributed by atoms with Crippen LogP contribution < -0.4 is 10.2 Å². The molecule has 0 heterocycles. The summed E-state index contributed by atoms with van der Waals surface area (Å²) in [6.45, 7) is 12.0. The van der Waals surface area contributed by atoms with Gasteiger partial charge in [-0.2, -0.15) is 5.10 Å². The highest BCUT2D eigenvalue weighted by Crippen LogP contribution is 2.39. The third-order valence-electron chi connectivity index (χ3n) is 4.40. The van der Waals surface area contributed by atoms with E-state index in [4.69, 9.17) is 27.9 Å². The molecule has 0 saturated heterocycles. The third-order valence-corrected chi connectivity index (χ3v) is 4.93. The summed E-state index contributed by atoms with van der Waals surface area (Å²) in [5, 5.41) is 15.6. The van der Waals surface area contributed by atoms with Gasteiger partial charge in [0.2, 0.25) is 0 Å². The molecular weight excluding hydrogens is 423 g/mol. The quantitative estimate of drug-likeness (QED) is 0.444. The number of hydrazone groups is 1. The van der Waals surface area contributed by atoms with E-state index >= 15 is 0 Å². The van der Waals surface area contributed by atoms with Gasteiger partial charge in [0, 0.05) is 16.1 Å². The normalized spacial score (nSPS) is 12.3. The van der Waals surface area contributed by atoms with Crippen LogP contribution in [0.2, 0.25) is 10.0 Å². The molecule has 0 radical (unpaired) electrons. The number of ether oxygens (including phenoxy) is 1. The first kappa shape index (κ1) is 24.0. The van der Waals surface area contributed by atoms with Crippen LogP contribution in [0.25, 0.3) is 0 Å². The number of amides is 1. The fourth-order valence-electron chi connectivity index (χ4n) is 2.82. The number of phenols is 1. The van der Waals surface area contributed by atoms with Crippen molar-refractivity contribution in [3.8, 4) is 11.5 Å². The summed E-state index contributed by atoms with van der Waals surface area (Å²) in [5.41, 5.74) is 4.37. The van der Waals surface area contributed by atoms with E-state index in [-0.39, 0.29) is 17.4 Å². The van der Waals surface area contributed by atoms with Crippen molar-refractivity contribution < 1.29 is 14.6 Å². The Morgan fingerprint density at radius 2 is 1.63 bits per heavy atom. The number of benzene rings is 2. The van der Waals surface area contributed by atoms with Gasteiger partial charge < -0.3 is 9.84 Å². The Hall–Kier alpha value is -2.24. The molecule has 7 heteroatoms. The van der Waals surface area contributed by atoms with Crippen LogP contribution in [-0.2, 0) is 15.6 Å². The monoisotopic (exact) mass is 450 g/mol. The molecule has 0 unspecified atom stereocenters. The zero-order chi connectivity index (χ0) is 22.7. The highest BCUT2D eigenvalue weighted by molar-refractivity contribution is 6.35. The summed E-state index contributed by atoms with van der Waals surface area (Å²) in [4.78, 5) is 12.0. The minimum absolute atomic E-state index is 0.241. The average molecular weight is 451 g/mol. The number of rotatable bonds is 5. The number of carbonyl (C=O) groups is 1. The number of aromatic hydroxyl groups is 1.